The fourth-order valence-electron chi connectivity index (χ4n) is 2.96. The summed E-state index contributed by atoms with van der Waals surface area (Å²) in [5.74, 6) is -2.01. The van der Waals surface area contributed by atoms with Gasteiger partial charge in [0.05, 0.1) is 11.1 Å². The number of halogens is 1. The van der Waals surface area contributed by atoms with E-state index in [4.69, 9.17) is 0 Å². The number of benzene rings is 3. The maximum atomic E-state index is 13.5. The van der Waals surface area contributed by atoms with Crippen LogP contribution in [0.3, 0.4) is 0 Å². The molecule has 2 N–H and O–H groups in total. The number of nitrogens with zero attached hydrogens (tertiary/aromatic N) is 3. The average Bonchev–Trinajstić information content (AvgIpc) is 2.84. The molecule has 0 saturated carbocycles. The number of hydrogen-bond donors (Lipinski definition) is 2. The highest BCUT2D eigenvalue weighted by atomic mass is 19.1. The summed E-state index contributed by atoms with van der Waals surface area (Å²) in [4.78, 5) is 37.7. The van der Waals surface area contributed by atoms with E-state index in [0.717, 1.165) is 11.8 Å². The molecule has 0 saturated heterocycles. The maximum Gasteiger partial charge on any atom is 0.287 e. The lowest BCUT2D eigenvalue weighted by molar-refractivity contribution is -0.384. The van der Waals surface area contributed by atoms with Crippen molar-refractivity contribution in [3.05, 3.63) is 111 Å². The van der Waals surface area contributed by atoms with Gasteiger partial charge in [-0.3, -0.25) is 19.7 Å². The highest BCUT2D eigenvalue weighted by Crippen LogP contribution is 2.15. The van der Waals surface area contributed by atoms with Gasteiger partial charge in [0.25, 0.3) is 17.5 Å². The third-order valence-electron chi connectivity index (χ3n) is 4.76. The van der Waals surface area contributed by atoms with E-state index in [1.807, 2.05) is 31.1 Å². The normalized spacial score (nSPS) is 11.2. The third-order valence-corrected chi connectivity index (χ3v) is 4.76. The Morgan fingerprint density at radius 2 is 1.71 bits per heavy atom. The van der Waals surface area contributed by atoms with Gasteiger partial charge in [0.15, 0.2) is 0 Å². The van der Waals surface area contributed by atoms with Gasteiger partial charge in [-0.15, -0.1) is 0 Å². The van der Waals surface area contributed by atoms with Crippen LogP contribution >= 0.6 is 0 Å². The van der Waals surface area contributed by atoms with Gasteiger partial charge < -0.3 is 10.2 Å². The Balaban J connectivity index is 1.83. The molecule has 35 heavy (non-hydrogen) atoms. The van der Waals surface area contributed by atoms with Gasteiger partial charge in [0, 0.05) is 43.0 Å². The second-order valence-corrected chi connectivity index (χ2v) is 7.56. The molecule has 0 bridgehead atoms. The molecule has 3 rings (SSSR count). The number of hydrazone groups is 1. The summed E-state index contributed by atoms with van der Waals surface area (Å²) in [6, 6.07) is 18.0. The van der Waals surface area contributed by atoms with Crippen LogP contribution in [0.2, 0.25) is 0 Å². The Hall–Kier alpha value is -4.86. The molecular formula is C25H22FN5O4. The number of rotatable bonds is 8. The molecule has 0 aliphatic carbocycles. The van der Waals surface area contributed by atoms with E-state index in [1.54, 1.807) is 18.2 Å². The van der Waals surface area contributed by atoms with E-state index < -0.39 is 22.6 Å². The van der Waals surface area contributed by atoms with Gasteiger partial charge in [0.2, 0.25) is 0 Å². The van der Waals surface area contributed by atoms with Gasteiger partial charge in [-0.25, -0.2) is 9.82 Å². The second kappa shape index (κ2) is 11.3. The zero-order valence-corrected chi connectivity index (χ0v) is 18.9. The molecule has 0 unspecified atom stereocenters. The zero-order chi connectivity index (χ0) is 25.4. The topological polar surface area (TPSA) is 117 Å². The first-order valence-electron chi connectivity index (χ1n) is 10.4. The van der Waals surface area contributed by atoms with Crippen molar-refractivity contribution in [1.29, 1.82) is 0 Å². The van der Waals surface area contributed by atoms with Crippen molar-refractivity contribution < 1.29 is 18.9 Å². The van der Waals surface area contributed by atoms with Crippen molar-refractivity contribution in [3.8, 4) is 0 Å². The van der Waals surface area contributed by atoms with Gasteiger partial charge in [0.1, 0.15) is 11.5 Å². The number of nitro groups is 1. The molecule has 0 aromatic heterocycles. The quantitative estimate of drug-likeness (QED) is 0.223. The molecule has 2 amide bonds. The molecule has 3 aromatic carbocycles. The van der Waals surface area contributed by atoms with E-state index in [9.17, 15) is 24.1 Å². The summed E-state index contributed by atoms with van der Waals surface area (Å²) < 4.78 is 13.5. The van der Waals surface area contributed by atoms with Crippen LogP contribution in [0.1, 0.15) is 21.5 Å². The molecule has 0 radical (unpaired) electrons. The molecule has 0 aliphatic heterocycles. The van der Waals surface area contributed by atoms with Crippen molar-refractivity contribution in [3.63, 3.8) is 0 Å². The standard InChI is InChI=1S/C25H22FN5O4/c1-30(2)21-11-9-17(10-12-21)14-23(28-24(32)19-6-4-7-20(26)15-19)25(33)29-27-16-18-5-3-8-22(13-18)31(34)35/h3-16H,1-2H3,(H,28,32)(H,29,33)/b23-14-,27-16-. The number of non-ortho nitro benzene ring substituents is 1. The first-order valence-corrected chi connectivity index (χ1v) is 10.4. The van der Waals surface area contributed by atoms with Crippen LogP contribution in [-0.4, -0.2) is 37.0 Å². The number of nitro benzene ring substituents is 1. The Kier molecular flexibility index (Phi) is 8.02. The number of amides is 2. The van der Waals surface area contributed by atoms with E-state index >= 15 is 0 Å². The van der Waals surface area contributed by atoms with Crippen molar-refractivity contribution in [2.45, 2.75) is 0 Å². The van der Waals surface area contributed by atoms with Crippen LogP contribution in [0.25, 0.3) is 6.08 Å². The molecule has 9 nitrogen and oxygen atoms in total. The second-order valence-electron chi connectivity index (χ2n) is 7.56. The van der Waals surface area contributed by atoms with Crippen molar-refractivity contribution in [2.75, 3.05) is 19.0 Å². The smallest absolute Gasteiger partial charge is 0.287 e. The fraction of sp³-hybridized carbons (Fsp3) is 0.0800. The molecule has 0 heterocycles. The lowest BCUT2D eigenvalue weighted by Gasteiger charge is -2.12. The SMILES string of the molecule is CN(C)c1ccc(/C=C(\NC(=O)c2cccc(F)c2)C(=O)N/N=C\c2cccc([N+](=O)[O-])c2)cc1. The van der Waals surface area contributed by atoms with Gasteiger partial charge >= 0.3 is 0 Å². The van der Waals surface area contributed by atoms with Crippen molar-refractivity contribution in [2.24, 2.45) is 5.10 Å². The third kappa shape index (κ3) is 7.06. The van der Waals surface area contributed by atoms with Crippen LogP contribution in [0.4, 0.5) is 15.8 Å². The molecular weight excluding hydrogens is 453 g/mol. The van der Waals surface area contributed by atoms with Crippen LogP contribution < -0.4 is 15.6 Å². The van der Waals surface area contributed by atoms with E-state index in [2.05, 4.69) is 15.8 Å². The molecule has 0 fully saturated rings. The number of nitrogens with one attached hydrogen (secondary N) is 2. The summed E-state index contributed by atoms with van der Waals surface area (Å²) in [5, 5.41) is 17.2. The Bertz CT molecular complexity index is 1300. The predicted molar refractivity (Wildman–Crippen MR) is 131 cm³/mol. The van der Waals surface area contributed by atoms with Gasteiger partial charge in [-0.05, 0) is 42.0 Å². The number of carbonyl (C=O) groups is 2. The fourth-order valence-corrected chi connectivity index (χ4v) is 2.96. The van der Waals surface area contributed by atoms with Crippen LogP contribution in [0.5, 0.6) is 0 Å². The van der Waals surface area contributed by atoms with E-state index in [1.165, 1.54) is 48.7 Å². The highest BCUT2D eigenvalue weighted by Gasteiger charge is 2.15. The van der Waals surface area contributed by atoms with Crippen LogP contribution in [0, 0.1) is 15.9 Å². The molecule has 3 aromatic rings. The van der Waals surface area contributed by atoms with Gasteiger partial charge in [-0.1, -0.05) is 30.3 Å². The Morgan fingerprint density at radius 3 is 2.37 bits per heavy atom. The monoisotopic (exact) mass is 475 g/mol. The van der Waals surface area contributed by atoms with E-state index in [-0.39, 0.29) is 16.9 Å². The van der Waals surface area contributed by atoms with Crippen LogP contribution in [0.15, 0.2) is 83.6 Å². The number of anilines is 1. The lowest BCUT2D eigenvalue weighted by Crippen LogP contribution is -2.32. The summed E-state index contributed by atoms with van der Waals surface area (Å²) in [6.07, 6.45) is 2.69. The summed E-state index contributed by atoms with van der Waals surface area (Å²) >= 11 is 0. The molecule has 0 aliphatic rings. The molecule has 10 heteroatoms. The molecule has 0 spiro atoms. The maximum absolute atomic E-state index is 13.5. The first kappa shape index (κ1) is 24.8. The van der Waals surface area contributed by atoms with Crippen LogP contribution in [-0.2, 0) is 4.79 Å². The summed E-state index contributed by atoms with van der Waals surface area (Å²) in [7, 11) is 3.78. The van der Waals surface area contributed by atoms with Crippen molar-refractivity contribution >= 4 is 35.5 Å². The minimum absolute atomic E-state index is 0.0340. The predicted octanol–water partition coefficient (Wildman–Crippen LogP) is 3.72. The summed E-state index contributed by atoms with van der Waals surface area (Å²) in [6.45, 7) is 0. The van der Waals surface area contributed by atoms with Crippen molar-refractivity contribution in [1.82, 2.24) is 10.7 Å². The summed E-state index contributed by atoms with van der Waals surface area (Å²) in [5.41, 5.74) is 4.04. The average molecular weight is 475 g/mol. The zero-order valence-electron chi connectivity index (χ0n) is 18.9. The van der Waals surface area contributed by atoms with Gasteiger partial charge in [-0.2, -0.15) is 5.10 Å². The Labute approximate surface area is 200 Å². The highest BCUT2D eigenvalue weighted by molar-refractivity contribution is 6.05. The molecule has 178 valence electrons. The minimum Gasteiger partial charge on any atom is -0.378 e. The number of hydrogen-bond acceptors (Lipinski definition) is 6. The number of carbonyl (C=O) groups excluding carboxylic acids is 2. The largest absolute Gasteiger partial charge is 0.378 e. The first-order chi connectivity index (χ1) is 16.7. The minimum atomic E-state index is -0.742. The lowest BCUT2D eigenvalue weighted by atomic mass is 10.1. The molecule has 0 atom stereocenters. The Morgan fingerprint density at radius 1 is 1.00 bits per heavy atom. The van der Waals surface area contributed by atoms with E-state index in [0.29, 0.717) is 11.1 Å².